The maximum atomic E-state index is 13.3. The van der Waals surface area contributed by atoms with Gasteiger partial charge in [0.1, 0.15) is 11.4 Å². The molecule has 1 fully saturated rings. The van der Waals surface area contributed by atoms with E-state index in [1.54, 1.807) is 12.0 Å². The van der Waals surface area contributed by atoms with Crippen molar-refractivity contribution in [2.75, 3.05) is 13.7 Å². The highest BCUT2D eigenvalue weighted by Crippen LogP contribution is 2.48. The molecule has 2 amide bonds. The molecule has 3 aliphatic rings. The molecule has 9 heteroatoms. The van der Waals surface area contributed by atoms with Crippen LogP contribution in [-0.4, -0.2) is 53.6 Å². The maximum Gasteiger partial charge on any atom is 0.231 e. The number of hydrogen-bond acceptors (Lipinski definition) is 6. The summed E-state index contributed by atoms with van der Waals surface area (Å²) in [5.74, 6) is 1.36. The van der Waals surface area contributed by atoms with Crippen LogP contribution in [0.5, 0.6) is 5.75 Å². The number of fused-ring (bicyclic) bond motifs is 1. The summed E-state index contributed by atoms with van der Waals surface area (Å²) in [5.41, 5.74) is 6.40. The molecule has 1 saturated carbocycles. The van der Waals surface area contributed by atoms with Crippen molar-refractivity contribution >= 4 is 29.4 Å². The number of guanidine groups is 1. The van der Waals surface area contributed by atoms with Crippen LogP contribution < -0.4 is 15.8 Å². The molecule has 4 rings (SSSR count). The zero-order valence-corrected chi connectivity index (χ0v) is 23.4. The number of methoxy groups -OCH3 is 1. The summed E-state index contributed by atoms with van der Waals surface area (Å²) >= 11 is 6.50. The number of ether oxygens (including phenoxy) is 2. The van der Waals surface area contributed by atoms with E-state index in [4.69, 9.17) is 31.8 Å². The predicted octanol–water partition coefficient (Wildman–Crippen LogP) is 4.60. The van der Waals surface area contributed by atoms with Crippen molar-refractivity contribution in [3.63, 3.8) is 0 Å². The van der Waals surface area contributed by atoms with Crippen LogP contribution in [0.1, 0.15) is 84.2 Å². The Balaban J connectivity index is 1.45. The number of aliphatic imine (C=N–C) groups is 1. The van der Waals surface area contributed by atoms with Gasteiger partial charge < -0.3 is 20.5 Å². The van der Waals surface area contributed by atoms with Crippen LogP contribution in [0.3, 0.4) is 0 Å². The molecule has 204 valence electrons. The SMILES string of the molecule is CCC1(CC)CC(=O)N([C@H](CCOC)[C@@H]2C[C@H]2CC(=O)NC2CC(C)(C)Oc3cccc(Cl)c32)C(N)=N1. The summed E-state index contributed by atoms with van der Waals surface area (Å²) in [6, 6.07) is 5.23. The first-order valence-corrected chi connectivity index (χ1v) is 13.8. The van der Waals surface area contributed by atoms with Gasteiger partial charge in [0.15, 0.2) is 5.96 Å². The van der Waals surface area contributed by atoms with Gasteiger partial charge in [-0.25, -0.2) is 4.99 Å². The molecule has 3 N–H and O–H groups in total. The lowest BCUT2D eigenvalue weighted by Crippen LogP contribution is -2.56. The van der Waals surface area contributed by atoms with E-state index in [0.717, 1.165) is 24.8 Å². The number of nitrogens with two attached hydrogens (primary N) is 1. The third kappa shape index (κ3) is 5.90. The molecule has 1 aromatic rings. The summed E-state index contributed by atoms with van der Waals surface area (Å²) in [5, 5.41) is 3.80. The fraction of sp³-hybridized carbons (Fsp3) is 0.679. The summed E-state index contributed by atoms with van der Waals surface area (Å²) in [6.45, 7) is 8.64. The number of hydrogen-bond donors (Lipinski definition) is 2. The Morgan fingerprint density at radius 2 is 2.08 bits per heavy atom. The van der Waals surface area contributed by atoms with Crippen LogP contribution in [0.2, 0.25) is 5.02 Å². The van der Waals surface area contributed by atoms with Gasteiger partial charge in [0.25, 0.3) is 0 Å². The number of carbonyl (C=O) groups is 2. The van der Waals surface area contributed by atoms with Crippen molar-refractivity contribution in [3.05, 3.63) is 28.8 Å². The molecule has 1 unspecified atom stereocenters. The van der Waals surface area contributed by atoms with Crippen molar-refractivity contribution in [1.29, 1.82) is 0 Å². The molecule has 37 heavy (non-hydrogen) atoms. The van der Waals surface area contributed by atoms with Gasteiger partial charge in [0, 0.05) is 43.2 Å². The molecule has 0 aromatic heterocycles. The molecule has 0 spiro atoms. The van der Waals surface area contributed by atoms with Crippen LogP contribution in [-0.2, 0) is 14.3 Å². The van der Waals surface area contributed by atoms with Crippen molar-refractivity contribution in [2.24, 2.45) is 22.6 Å². The summed E-state index contributed by atoms with van der Waals surface area (Å²) in [7, 11) is 1.65. The highest BCUT2D eigenvalue weighted by Gasteiger charge is 2.50. The Morgan fingerprint density at radius 3 is 2.73 bits per heavy atom. The molecule has 0 saturated heterocycles. The minimum absolute atomic E-state index is 0.0168. The maximum absolute atomic E-state index is 13.3. The summed E-state index contributed by atoms with van der Waals surface area (Å²) in [4.78, 5) is 33.0. The molecule has 8 nitrogen and oxygen atoms in total. The average Bonchev–Trinajstić information content (AvgIpc) is 3.57. The minimum atomic E-state index is -0.416. The van der Waals surface area contributed by atoms with Gasteiger partial charge >= 0.3 is 0 Å². The van der Waals surface area contributed by atoms with Crippen LogP contribution in [0.15, 0.2) is 23.2 Å². The lowest BCUT2D eigenvalue weighted by molar-refractivity contribution is -0.132. The van der Waals surface area contributed by atoms with Crippen LogP contribution in [0, 0.1) is 11.8 Å². The Labute approximate surface area is 225 Å². The normalized spacial score (nSPS) is 26.5. The quantitative estimate of drug-likeness (QED) is 0.458. The predicted molar refractivity (Wildman–Crippen MR) is 145 cm³/mol. The van der Waals surface area contributed by atoms with Crippen molar-refractivity contribution in [2.45, 2.75) is 95.9 Å². The third-order valence-corrected chi connectivity index (χ3v) is 8.64. The molecule has 0 bridgehead atoms. The molecule has 1 aliphatic carbocycles. The standard InChI is InChI=1S/C28H41ClN4O4/c1-6-28(7-2)16-24(35)33(26(30)32-28)21(11-12-36-5)18-13-17(18)14-23(34)31-20-15-27(3,4)37-22-10-8-9-19(29)25(20)22/h8-10,17-18,20-21H,6-7,11-16H2,1-5H3,(H2,30,32)(H,31,34)/t17-,18+,20?,21+/m0/s1. The van der Waals surface area contributed by atoms with Gasteiger partial charge in [0.2, 0.25) is 11.8 Å². The van der Waals surface area contributed by atoms with Crippen LogP contribution in [0.4, 0.5) is 0 Å². The fourth-order valence-corrected chi connectivity index (χ4v) is 6.38. The highest BCUT2D eigenvalue weighted by atomic mass is 35.5. The third-order valence-electron chi connectivity index (χ3n) is 8.31. The molecule has 0 radical (unpaired) electrons. The second kappa shape index (κ2) is 10.8. The van der Waals surface area contributed by atoms with Gasteiger partial charge in [-0.1, -0.05) is 31.5 Å². The Bertz CT molecular complexity index is 1050. The number of nitrogens with one attached hydrogen (secondary N) is 1. The molecule has 4 atom stereocenters. The Kier molecular flexibility index (Phi) is 8.10. The van der Waals surface area contributed by atoms with E-state index >= 15 is 0 Å². The summed E-state index contributed by atoms with van der Waals surface area (Å²) < 4.78 is 11.5. The smallest absolute Gasteiger partial charge is 0.231 e. The van der Waals surface area contributed by atoms with E-state index in [0.29, 0.717) is 49.0 Å². The number of rotatable bonds is 10. The monoisotopic (exact) mass is 532 g/mol. The first-order chi connectivity index (χ1) is 17.5. The second-order valence-corrected chi connectivity index (χ2v) is 11.8. The zero-order valence-electron chi connectivity index (χ0n) is 22.7. The first-order valence-electron chi connectivity index (χ1n) is 13.5. The van der Waals surface area contributed by atoms with E-state index in [-0.39, 0.29) is 35.7 Å². The lowest BCUT2D eigenvalue weighted by Gasteiger charge is -2.40. The largest absolute Gasteiger partial charge is 0.487 e. The number of amides is 2. The molecular weight excluding hydrogens is 492 g/mol. The van der Waals surface area contributed by atoms with Gasteiger partial charge in [-0.2, -0.15) is 0 Å². The van der Waals surface area contributed by atoms with E-state index in [9.17, 15) is 9.59 Å². The number of nitrogens with zero attached hydrogens (tertiary/aromatic N) is 2. The molecular formula is C28H41ClN4O4. The van der Waals surface area contributed by atoms with E-state index in [2.05, 4.69) is 5.32 Å². The minimum Gasteiger partial charge on any atom is -0.487 e. The van der Waals surface area contributed by atoms with Crippen molar-refractivity contribution in [3.8, 4) is 5.75 Å². The summed E-state index contributed by atoms with van der Waals surface area (Å²) in [6.07, 6.45) is 4.45. The van der Waals surface area contributed by atoms with Crippen molar-refractivity contribution < 1.29 is 19.1 Å². The lowest BCUT2D eigenvalue weighted by atomic mass is 9.87. The van der Waals surface area contributed by atoms with Crippen LogP contribution >= 0.6 is 11.6 Å². The fourth-order valence-electron chi connectivity index (χ4n) is 6.09. The number of halogens is 1. The Hall–Kier alpha value is -2.32. The van der Waals surface area contributed by atoms with Gasteiger partial charge in [-0.3, -0.25) is 14.5 Å². The number of carbonyl (C=O) groups excluding carboxylic acids is 2. The molecule has 2 aliphatic heterocycles. The average molecular weight is 533 g/mol. The second-order valence-electron chi connectivity index (χ2n) is 11.4. The number of benzene rings is 1. The van der Waals surface area contributed by atoms with Gasteiger partial charge in [-0.15, -0.1) is 0 Å². The van der Waals surface area contributed by atoms with Crippen LogP contribution in [0.25, 0.3) is 0 Å². The molecule has 2 heterocycles. The topological polar surface area (TPSA) is 106 Å². The van der Waals surface area contributed by atoms with Gasteiger partial charge in [0.05, 0.1) is 18.0 Å². The first kappa shape index (κ1) is 27.7. The van der Waals surface area contributed by atoms with E-state index in [1.165, 1.54) is 0 Å². The zero-order chi connectivity index (χ0) is 27.0. The highest BCUT2D eigenvalue weighted by molar-refractivity contribution is 6.31. The van der Waals surface area contributed by atoms with E-state index in [1.807, 2.05) is 45.9 Å². The Morgan fingerprint density at radius 1 is 1.35 bits per heavy atom. The molecule has 1 aromatic carbocycles. The van der Waals surface area contributed by atoms with E-state index < -0.39 is 11.1 Å². The van der Waals surface area contributed by atoms with Gasteiger partial charge in [-0.05, 0) is 63.5 Å². The van der Waals surface area contributed by atoms with Crippen molar-refractivity contribution in [1.82, 2.24) is 10.2 Å².